The number of aliphatic hydroxyl groups is 1. The van der Waals surface area contributed by atoms with Crippen LogP contribution in [0.5, 0.6) is 0 Å². The van der Waals surface area contributed by atoms with Gasteiger partial charge in [0.05, 0.1) is 18.3 Å². The maximum Gasteiger partial charge on any atom is 0.315 e. The molecule has 1 atom stereocenters. The number of rotatable bonds is 6. The van der Waals surface area contributed by atoms with E-state index in [0.29, 0.717) is 6.54 Å². The number of amides is 2. The lowest BCUT2D eigenvalue weighted by Crippen LogP contribution is -2.38. The van der Waals surface area contributed by atoms with Gasteiger partial charge >= 0.3 is 6.03 Å². The number of hydrogen-bond acceptors (Lipinski definition) is 3. The molecule has 0 saturated carbocycles. The van der Waals surface area contributed by atoms with Crippen LogP contribution in [0.2, 0.25) is 0 Å². The quantitative estimate of drug-likeness (QED) is 0.641. The Kier molecular flexibility index (Phi) is 5.96. The minimum atomic E-state index is -0.342. The van der Waals surface area contributed by atoms with Crippen molar-refractivity contribution >= 4 is 6.03 Å². The van der Waals surface area contributed by atoms with Gasteiger partial charge in [0.15, 0.2) is 0 Å². The highest BCUT2D eigenvalue weighted by Crippen LogP contribution is 2.19. The molecule has 1 heterocycles. The average Bonchev–Trinajstić information content (AvgIpc) is 2.72. The van der Waals surface area contributed by atoms with Crippen molar-refractivity contribution in [2.45, 2.75) is 19.2 Å². The van der Waals surface area contributed by atoms with Crippen molar-refractivity contribution in [3.05, 3.63) is 101 Å². The fraction of sp³-hybridized carbons (Fsp3) is 0.143. The first-order valence-electron chi connectivity index (χ1n) is 8.46. The minimum Gasteiger partial charge on any atom is -0.392 e. The molecule has 3 N–H and O–H groups in total. The van der Waals surface area contributed by atoms with Gasteiger partial charge in [0.2, 0.25) is 0 Å². The van der Waals surface area contributed by atoms with E-state index in [2.05, 4.69) is 15.6 Å². The van der Waals surface area contributed by atoms with Gasteiger partial charge in [-0.2, -0.15) is 0 Å². The van der Waals surface area contributed by atoms with Crippen LogP contribution >= 0.6 is 0 Å². The summed E-state index contributed by atoms with van der Waals surface area (Å²) in [6.45, 7) is 0.284. The molecule has 1 unspecified atom stereocenters. The Morgan fingerprint density at radius 1 is 0.923 bits per heavy atom. The van der Waals surface area contributed by atoms with E-state index in [1.807, 2.05) is 72.8 Å². The zero-order valence-corrected chi connectivity index (χ0v) is 14.3. The summed E-state index contributed by atoms with van der Waals surface area (Å²) >= 11 is 0. The van der Waals surface area contributed by atoms with E-state index in [9.17, 15) is 9.90 Å². The normalized spacial score (nSPS) is 11.6. The second-order valence-corrected chi connectivity index (χ2v) is 5.85. The summed E-state index contributed by atoms with van der Waals surface area (Å²) in [6.07, 6.45) is 1.71. The molecule has 5 heteroatoms. The van der Waals surface area contributed by atoms with Crippen molar-refractivity contribution in [3.8, 4) is 0 Å². The summed E-state index contributed by atoms with van der Waals surface area (Å²) in [7, 11) is 0. The summed E-state index contributed by atoms with van der Waals surface area (Å²) in [6, 6.07) is 22.2. The van der Waals surface area contributed by atoms with E-state index < -0.39 is 0 Å². The maximum absolute atomic E-state index is 12.5. The van der Waals surface area contributed by atoms with E-state index in [4.69, 9.17) is 0 Å². The average molecular weight is 347 g/mol. The fourth-order valence-electron chi connectivity index (χ4n) is 2.76. The first kappa shape index (κ1) is 17.6. The largest absolute Gasteiger partial charge is 0.392 e. The molecule has 0 spiro atoms. The molecule has 0 saturated heterocycles. The topological polar surface area (TPSA) is 74.2 Å². The van der Waals surface area contributed by atoms with Gasteiger partial charge in [-0.3, -0.25) is 4.98 Å². The number of aliphatic hydroxyl groups excluding tert-OH is 1. The summed E-state index contributed by atoms with van der Waals surface area (Å²) in [5, 5.41) is 15.2. The predicted octanol–water partition coefficient (Wildman–Crippen LogP) is 3.16. The number of hydrogen-bond donors (Lipinski definition) is 3. The van der Waals surface area contributed by atoms with Crippen LogP contribution in [0.3, 0.4) is 0 Å². The number of aromatic nitrogens is 1. The van der Waals surface area contributed by atoms with Crippen molar-refractivity contribution in [2.24, 2.45) is 0 Å². The molecule has 0 aliphatic heterocycles. The van der Waals surface area contributed by atoms with Gasteiger partial charge in [-0.15, -0.1) is 0 Å². The van der Waals surface area contributed by atoms with Crippen LogP contribution in [0.15, 0.2) is 79.0 Å². The van der Waals surface area contributed by atoms with Crippen LogP contribution in [-0.4, -0.2) is 16.1 Å². The van der Waals surface area contributed by atoms with Crippen molar-refractivity contribution in [2.75, 3.05) is 0 Å². The zero-order chi connectivity index (χ0) is 18.2. The van der Waals surface area contributed by atoms with Crippen LogP contribution < -0.4 is 10.6 Å². The highest BCUT2D eigenvalue weighted by Gasteiger charge is 2.17. The van der Waals surface area contributed by atoms with Gasteiger partial charge in [-0.25, -0.2) is 4.79 Å². The molecular formula is C21H21N3O2. The summed E-state index contributed by atoms with van der Waals surface area (Å²) in [5.41, 5.74) is 3.41. The molecule has 2 aromatic carbocycles. The lowest BCUT2D eigenvalue weighted by atomic mass is 10.0. The van der Waals surface area contributed by atoms with E-state index >= 15 is 0 Å². The van der Waals surface area contributed by atoms with Gasteiger partial charge in [0, 0.05) is 12.7 Å². The number of pyridine rings is 1. The molecule has 1 aromatic heterocycles. The SMILES string of the molecule is O=C(NCc1ccccc1CO)NC(c1ccccc1)c1ccccn1. The Bertz CT molecular complexity index is 799. The number of carbonyl (C=O) groups is 1. The smallest absolute Gasteiger partial charge is 0.315 e. The predicted molar refractivity (Wildman–Crippen MR) is 100 cm³/mol. The van der Waals surface area contributed by atoms with Crippen molar-refractivity contribution in [3.63, 3.8) is 0 Å². The van der Waals surface area contributed by atoms with Gasteiger partial charge in [-0.1, -0.05) is 60.7 Å². The van der Waals surface area contributed by atoms with Crippen molar-refractivity contribution in [1.29, 1.82) is 0 Å². The van der Waals surface area contributed by atoms with E-state index in [0.717, 1.165) is 22.4 Å². The van der Waals surface area contributed by atoms with Crippen LogP contribution in [-0.2, 0) is 13.2 Å². The molecule has 0 aliphatic rings. The Morgan fingerprint density at radius 3 is 2.31 bits per heavy atom. The summed E-state index contributed by atoms with van der Waals surface area (Å²) in [5.74, 6) is 0. The number of carbonyl (C=O) groups excluding carboxylic acids is 1. The third-order valence-corrected chi connectivity index (χ3v) is 4.12. The summed E-state index contributed by atoms with van der Waals surface area (Å²) < 4.78 is 0. The lowest BCUT2D eigenvalue weighted by Gasteiger charge is -2.19. The van der Waals surface area contributed by atoms with Crippen molar-refractivity contribution in [1.82, 2.24) is 15.6 Å². The first-order valence-corrected chi connectivity index (χ1v) is 8.46. The van der Waals surface area contributed by atoms with Crippen LogP contribution in [0.4, 0.5) is 4.79 Å². The third kappa shape index (κ3) is 4.46. The maximum atomic E-state index is 12.5. The number of urea groups is 1. The Morgan fingerprint density at radius 2 is 1.62 bits per heavy atom. The summed E-state index contributed by atoms with van der Waals surface area (Å²) in [4.78, 5) is 16.8. The zero-order valence-electron chi connectivity index (χ0n) is 14.3. The molecule has 0 radical (unpaired) electrons. The number of benzene rings is 2. The molecular weight excluding hydrogens is 326 g/mol. The van der Waals surface area contributed by atoms with E-state index in [1.165, 1.54) is 0 Å². The molecule has 5 nitrogen and oxygen atoms in total. The minimum absolute atomic E-state index is 0.0555. The molecule has 0 aliphatic carbocycles. The number of nitrogens with zero attached hydrogens (tertiary/aromatic N) is 1. The Labute approximate surface area is 152 Å². The highest BCUT2D eigenvalue weighted by atomic mass is 16.3. The molecule has 2 amide bonds. The van der Waals surface area contributed by atoms with E-state index in [-0.39, 0.29) is 18.7 Å². The van der Waals surface area contributed by atoms with Crippen LogP contribution in [0, 0.1) is 0 Å². The number of nitrogens with one attached hydrogen (secondary N) is 2. The highest BCUT2D eigenvalue weighted by molar-refractivity contribution is 5.75. The first-order chi connectivity index (χ1) is 12.8. The monoisotopic (exact) mass is 347 g/mol. The van der Waals surface area contributed by atoms with E-state index in [1.54, 1.807) is 6.20 Å². The van der Waals surface area contributed by atoms with Gasteiger partial charge in [0.1, 0.15) is 0 Å². The van der Waals surface area contributed by atoms with Gasteiger partial charge in [0.25, 0.3) is 0 Å². The standard InChI is InChI=1S/C21H21N3O2/c25-15-18-11-5-4-10-17(18)14-23-21(26)24-20(16-8-2-1-3-9-16)19-12-6-7-13-22-19/h1-13,20,25H,14-15H2,(H2,23,24,26). The molecule has 132 valence electrons. The van der Waals surface area contributed by atoms with Crippen molar-refractivity contribution < 1.29 is 9.90 Å². The van der Waals surface area contributed by atoms with Crippen LogP contribution in [0.25, 0.3) is 0 Å². The second-order valence-electron chi connectivity index (χ2n) is 5.85. The molecule has 0 bridgehead atoms. The van der Waals surface area contributed by atoms with Gasteiger partial charge < -0.3 is 15.7 Å². The molecule has 3 rings (SSSR count). The lowest BCUT2D eigenvalue weighted by molar-refractivity contribution is 0.237. The Hall–Kier alpha value is -3.18. The molecule has 26 heavy (non-hydrogen) atoms. The fourth-order valence-corrected chi connectivity index (χ4v) is 2.76. The second kappa shape index (κ2) is 8.78. The molecule has 3 aromatic rings. The molecule has 0 fully saturated rings. The third-order valence-electron chi connectivity index (χ3n) is 4.12. The van der Waals surface area contributed by atoms with Gasteiger partial charge in [-0.05, 0) is 28.8 Å². The Balaban J connectivity index is 1.72. The van der Waals surface area contributed by atoms with Crippen LogP contribution in [0.1, 0.15) is 28.4 Å².